The van der Waals surface area contributed by atoms with E-state index in [2.05, 4.69) is 77.7 Å². The van der Waals surface area contributed by atoms with Crippen molar-refractivity contribution in [2.45, 2.75) is 6.92 Å². The molecule has 0 saturated carbocycles. The normalized spacial score (nSPS) is 13.5. The first kappa shape index (κ1) is 18.0. The van der Waals surface area contributed by atoms with Gasteiger partial charge in [0.25, 0.3) is 0 Å². The highest BCUT2D eigenvalue weighted by atomic mass is 16.0. The van der Waals surface area contributed by atoms with Gasteiger partial charge >= 0.3 is 0 Å². The Labute approximate surface area is 176 Å². The van der Waals surface area contributed by atoms with Crippen LogP contribution in [0.2, 0.25) is 0 Å². The molecule has 1 aliphatic heterocycles. The lowest BCUT2D eigenvalue weighted by Gasteiger charge is -2.36. The lowest BCUT2D eigenvalue weighted by atomic mass is 10.1. The largest absolute Gasteiger partial charge is 0.212 e. The third-order valence-electron chi connectivity index (χ3n) is 5.04. The fraction of sp³-hybridized carbons (Fsp3) is 0.0385. The van der Waals surface area contributed by atoms with E-state index in [1.54, 1.807) is 0 Å². The second-order valence-corrected chi connectivity index (χ2v) is 7.19. The number of hydrazine groups is 2. The van der Waals surface area contributed by atoms with Crippen molar-refractivity contribution < 1.29 is 0 Å². The minimum Gasteiger partial charge on any atom is -0.212 e. The van der Waals surface area contributed by atoms with Gasteiger partial charge in [-0.3, -0.25) is 0 Å². The Morgan fingerprint density at radius 2 is 1.07 bits per heavy atom. The number of benzene rings is 4. The van der Waals surface area contributed by atoms with Crippen molar-refractivity contribution in [3.05, 3.63) is 126 Å². The van der Waals surface area contributed by atoms with E-state index in [0.717, 1.165) is 28.5 Å². The highest BCUT2D eigenvalue weighted by molar-refractivity contribution is 6.13. The number of nitrogens with zero attached hydrogens (tertiary/aromatic N) is 4. The second kappa shape index (κ2) is 7.76. The van der Waals surface area contributed by atoms with E-state index in [1.807, 2.05) is 59.7 Å². The first-order chi connectivity index (χ1) is 14.8. The first-order valence-electron chi connectivity index (χ1n) is 10.0. The minimum atomic E-state index is 0.868. The van der Waals surface area contributed by atoms with Crippen LogP contribution in [0, 0.1) is 6.92 Å². The topological polar surface area (TPSA) is 22.1 Å². The summed E-state index contributed by atoms with van der Waals surface area (Å²) in [5.74, 6) is 0.868. The zero-order valence-corrected chi connectivity index (χ0v) is 16.8. The van der Waals surface area contributed by atoms with Crippen LogP contribution in [0.1, 0.15) is 11.1 Å². The van der Waals surface area contributed by atoms with Crippen molar-refractivity contribution in [2.75, 3.05) is 15.2 Å². The Morgan fingerprint density at radius 3 is 1.67 bits per heavy atom. The van der Waals surface area contributed by atoms with Crippen LogP contribution in [0.25, 0.3) is 0 Å². The summed E-state index contributed by atoms with van der Waals surface area (Å²) in [6.45, 7) is 2.10. The molecular weight excluding hydrogens is 368 g/mol. The molecule has 5 rings (SSSR count). The van der Waals surface area contributed by atoms with Gasteiger partial charge in [-0.2, -0.15) is 10.2 Å². The van der Waals surface area contributed by atoms with Gasteiger partial charge in [-0.05, 0) is 43.3 Å². The number of hydrazone groups is 1. The van der Waals surface area contributed by atoms with Crippen LogP contribution >= 0.6 is 0 Å². The van der Waals surface area contributed by atoms with Crippen molar-refractivity contribution in [2.24, 2.45) is 5.10 Å². The third-order valence-corrected chi connectivity index (χ3v) is 5.04. The summed E-state index contributed by atoms with van der Waals surface area (Å²) in [6, 6.07) is 39.4. The van der Waals surface area contributed by atoms with Crippen molar-refractivity contribution in [1.82, 2.24) is 0 Å². The zero-order chi connectivity index (χ0) is 20.3. The molecule has 0 amide bonds. The Bertz CT molecular complexity index is 1140. The molecule has 4 aromatic carbocycles. The average molecular weight is 390 g/mol. The summed E-state index contributed by atoms with van der Waals surface area (Å²) < 4.78 is 0. The molecule has 0 aromatic heterocycles. The highest BCUT2D eigenvalue weighted by Gasteiger charge is 2.35. The minimum absolute atomic E-state index is 0.868. The molecule has 0 radical (unpaired) electrons. The quantitative estimate of drug-likeness (QED) is 0.425. The molecule has 146 valence electrons. The summed E-state index contributed by atoms with van der Waals surface area (Å²) in [4.78, 5) is 0. The maximum Gasteiger partial charge on any atom is 0.183 e. The number of para-hydroxylation sites is 2. The standard InChI is InChI=1S/C26H22N4/c1-21-17-19-23(20-18-21)28-26(22-11-5-2-6-12-22)27-29(24-13-7-3-8-14-24)30(28)25-15-9-4-10-16-25/h2-20H,1H3. The molecule has 1 aliphatic rings. The number of rotatable bonds is 4. The monoisotopic (exact) mass is 390 g/mol. The number of aryl methyl sites for hydroxylation is 1. The predicted molar refractivity (Wildman–Crippen MR) is 124 cm³/mol. The molecule has 0 aliphatic carbocycles. The molecule has 0 unspecified atom stereocenters. The second-order valence-electron chi connectivity index (χ2n) is 7.19. The lowest BCUT2D eigenvalue weighted by Crippen LogP contribution is -2.48. The Balaban J connectivity index is 1.72. The first-order valence-corrected chi connectivity index (χ1v) is 10.0. The smallest absolute Gasteiger partial charge is 0.183 e. The van der Waals surface area contributed by atoms with Crippen LogP contribution in [-0.4, -0.2) is 5.84 Å². The van der Waals surface area contributed by atoms with Gasteiger partial charge in [0.05, 0.1) is 17.1 Å². The molecule has 0 atom stereocenters. The molecule has 0 N–H and O–H groups in total. The van der Waals surface area contributed by atoms with Crippen molar-refractivity contribution >= 4 is 22.9 Å². The maximum absolute atomic E-state index is 5.07. The van der Waals surface area contributed by atoms with Gasteiger partial charge in [-0.15, -0.1) is 5.10 Å². The summed E-state index contributed by atoms with van der Waals surface area (Å²) in [7, 11) is 0. The van der Waals surface area contributed by atoms with Crippen molar-refractivity contribution in [3.63, 3.8) is 0 Å². The van der Waals surface area contributed by atoms with E-state index in [-0.39, 0.29) is 0 Å². The summed E-state index contributed by atoms with van der Waals surface area (Å²) in [5.41, 5.74) is 5.34. The maximum atomic E-state index is 5.07. The van der Waals surface area contributed by atoms with E-state index in [0.29, 0.717) is 0 Å². The van der Waals surface area contributed by atoms with E-state index in [9.17, 15) is 0 Å². The van der Waals surface area contributed by atoms with Gasteiger partial charge in [-0.1, -0.05) is 84.4 Å². The van der Waals surface area contributed by atoms with E-state index in [4.69, 9.17) is 5.10 Å². The third kappa shape index (κ3) is 3.29. The van der Waals surface area contributed by atoms with Crippen molar-refractivity contribution in [3.8, 4) is 0 Å². The van der Waals surface area contributed by atoms with Crippen LogP contribution in [0.3, 0.4) is 0 Å². The number of anilines is 3. The molecule has 4 aromatic rings. The SMILES string of the molecule is Cc1ccc(N2C(c3ccccc3)=NN(c3ccccc3)N2c2ccccc2)cc1. The van der Waals surface area contributed by atoms with E-state index >= 15 is 0 Å². The molecular formula is C26H22N4. The van der Waals surface area contributed by atoms with E-state index < -0.39 is 0 Å². The molecule has 4 heteroatoms. The molecule has 30 heavy (non-hydrogen) atoms. The molecule has 0 spiro atoms. The van der Waals surface area contributed by atoms with Crippen LogP contribution in [0.15, 0.2) is 120 Å². The van der Waals surface area contributed by atoms with E-state index in [1.165, 1.54) is 5.56 Å². The molecule has 0 saturated heterocycles. The van der Waals surface area contributed by atoms with Crippen LogP contribution in [0.5, 0.6) is 0 Å². The zero-order valence-electron chi connectivity index (χ0n) is 16.8. The fourth-order valence-electron chi connectivity index (χ4n) is 3.55. The van der Waals surface area contributed by atoms with Gasteiger partial charge in [0.2, 0.25) is 0 Å². The van der Waals surface area contributed by atoms with Crippen LogP contribution in [-0.2, 0) is 0 Å². The van der Waals surface area contributed by atoms with Gasteiger partial charge in [0.15, 0.2) is 5.84 Å². The summed E-state index contributed by atoms with van der Waals surface area (Å²) >= 11 is 0. The Kier molecular flexibility index (Phi) is 4.66. The average Bonchev–Trinajstić information content (AvgIpc) is 3.22. The molecule has 1 heterocycles. The number of hydrogen-bond acceptors (Lipinski definition) is 4. The van der Waals surface area contributed by atoms with Gasteiger partial charge < -0.3 is 0 Å². The van der Waals surface area contributed by atoms with Gasteiger partial charge in [0.1, 0.15) is 0 Å². The molecule has 0 fully saturated rings. The van der Waals surface area contributed by atoms with Crippen LogP contribution in [0.4, 0.5) is 17.1 Å². The summed E-state index contributed by atoms with van der Waals surface area (Å²) in [5, 5.41) is 11.3. The number of hydrogen-bond donors (Lipinski definition) is 0. The van der Waals surface area contributed by atoms with Gasteiger partial charge in [0, 0.05) is 5.56 Å². The Hall–Kier alpha value is -4.05. The van der Waals surface area contributed by atoms with Gasteiger partial charge in [-0.25, -0.2) is 5.01 Å². The Morgan fingerprint density at radius 1 is 0.533 bits per heavy atom. The molecule has 4 nitrogen and oxygen atoms in total. The predicted octanol–water partition coefficient (Wildman–Crippen LogP) is 6.02. The van der Waals surface area contributed by atoms with Crippen molar-refractivity contribution in [1.29, 1.82) is 0 Å². The molecule has 0 bridgehead atoms. The highest BCUT2D eigenvalue weighted by Crippen LogP contribution is 2.34. The fourth-order valence-corrected chi connectivity index (χ4v) is 3.55. The van der Waals surface area contributed by atoms with Crippen LogP contribution < -0.4 is 15.2 Å². The summed E-state index contributed by atoms with van der Waals surface area (Å²) in [6.07, 6.45) is 0. The number of amidine groups is 1. The lowest BCUT2D eigenvalue weighted by molar-refractivity contribution is 0.818.